The van der Waals surface area contributed by atoms with Crippen molar-refractivity contribution >= 4 is 0 Å². The Morgan fingerprint density at radius 3 is 2.57 bits per heavy atom. The summed E-state index contributed by atoms with van der Waals surface area (Å²) in [5, 5.41) is 8.42. The molecule has 0 fully saturated rings. The number of nitrogens with zero attached hydrogens (tertiary/aromatic N) is 3. The smallest absolute Gasteiger partial charge is 0.119 e. The van der Waals surface area contributed by atoms with E-state index in [-0.39, 0.29) is 0 Å². The van der Waals surface area contributed by atoms with Crippen LogP contribution < -0.4 is 4.74 Å². The van der Waals surface area contributed by atoms with Gasteiger partial charge < -0.3 is 4.74 Å². The summed E-state index contributed by atoms with van der Waals surface area (Å²) in [4.78, 5) is 0. The predicted octanol–water partition coefficient (Wildman–Crippen LogP) is 4.38. The zero-order chi connectivity index (χ0) is 16.8. The first-order valence-corrected chi connectivity index (χ1v) is 8.65. The molecule has 0 aliphatic carbocycles. The number of ether oxygens (including phenoxy) is 1. The Morgan fingerprint density at radius 2 is 2.00 bits per heavy atom. The van der Waals surface area contributed by atoms with E-state index in [2.05, 4.69) is 69.3 Å². The van der Waals surface area contributed by atoms with E-state index in [1.54, 1.807) is 0 Å². The summed E-state index contributed by atoms with van der Waals surface area (Å²) in [5.74, 6) is 1.97. The Balaban J connectivity index is 2.10. The van der Waals surface area contributed by atoms with Crippen LogP contribution in [0.15, 0.2) is 24.4 Å². The van der Waals surface area contributed by atoms with E-state index >= 15 is 0 Å². The third-order valence-corrected chi connectivity index (χ3v) is 4.12. The van der Waals surface area contributed by atoms with Gasteiger partial charge in [0, 0.05) is 12.7 Å². The van der Waals surface area contributed by atoms with E-state index in [4.69, 9.17) is 4.74 Å². The largest absolute Gasteiger partial charge is 0.493 e. The molecule has 2 aromatic rings. The first-order chi connectivity index (χ1) is 11.0. The van der Waals surface area contributed by atoms with Crippen molar-refractivity contribution in [2.75, 3.05) is 6.61 Å². The van der Waals surface area contributed by atoms with Crippen molar-refractivity contribution in [2.45, 2.75) is 59.9 Å². The molecule has 1 aromatic carbocycles. The molecule has 1 aromatic heterocycles. The average Bonchev–Trinajstić information content (AvgIpc) is 2.99. The van der Waals surface area contributed by atoms with Crippen LogP contribution in [0.1, 0.15) is 56.9 Å². The quantitative estimate of drug-likeness (QED) is 0.726. The van der Waals surface area contributed by atoms with Crippen LogP contribution in [0.25, 0.3) is 0 Å². The standard InChI is InChI=1S/C19H29N3O/c1-6-16(11-17-12-22(7-2)21-20-17)19-9-8-18(10-15(19)5)23-13-14(3)4/h8-10,12,14,16H,6-7,11,13H2,1-5H3. The van der Waals surface area contributed by atoms with E-state index in [0.717, 1.165) is 37.4 Å². The molecular weight excluding hydrogens is 286 g/mol. The summed E-state index contributed by atoms with van der Waals surface area (Å²) in [6.45, 7) is 12.4. The van der Waals surface area contributed by atoms with Crippen LogP contribution in [-0.4, -0.2) is 21.6 Å². The molecular formula is C19H29N3O. The van der Waals surface area contributed by atoms with Crippen molar-refractivity contribution in [1.29, 1.82) is 0 Å². The van der Waals surface area contributed by atoms with Gasteiger partial charge in [0.05, 0.1) is 12.3 Å². The molecule has 1 atom stereocenters. The topological polar surface area (TPSA) is 39.9 Å². The zero-order valence-corrected chi connectivity index (χ0v) is 15.0. The maximum Gasteiger partial charge on any atom is 0.119 e. The Hall–Kier alpha value is -1.84. The minimum Gasteiger partial charge on any atom is -0.493 e. The summed E-state index contributed by atoms with van der Waals surface area (Å²) in [7, 11) is 0. The molecule has 23 heavy (non-hydrogen) atoms. The van der Waals surface area contributed by atoms with Crippen molar-refractivity contribution < 1.29 is 4.74 Å². The number of aromatic nitrogens is 3. The average molecular weight is 315 g/mol. The molecule has 0 saturated heterocycles. The van der Waals surface area contributed by atoms with Gasteiger partial charge in [-0.05, 0) is 61.8 Å². The summed E-state index contributed by atoms with van der Waals surface area (Å²) >= 11 is 0. The van der Waals surface area contributed by atoms with Crippen LogP contribution in [0.2, 0.25) is 0 Å². The summed E-state index contributed by atoms with van der Waals surface area (Å²) in [5.41, 5.74) is 3.75. The van der Waals surface area contributed by atoms with Gasteiger partial charge in [0.25, 0.3) is 0 Å². The lowest BCUT2D eigenvalue weighted by molar-refractivity contribution is 0.271. The number of benzene rings is 1. The van der Waals surface area contributed by atoms with Crippen LogP contribution in [0.5, 0.6) is 5.75 Å². The highest BCUT2D eigenvalue weighted by Crippen LogP contribution is 2.29. The third kappa shape index (κ3) is 4.81. The maximum absolute atomic E-state index is 5.83. The molecule has 0 saturated carbocycles. The molecule has 0 N–H and O–H groups in total. The second-order valence-corrected chi connectivity index (χ2v) is 6.60. The first-order valence-electron chi connectivity index (χ1n) is 8.65. The van der Waals surface area contributed by atoms with Gasteiger partial charge in [-0.2, -0.15) is 0 Å². The van der Waals surface area contributed by atoms with Crippen molar-refractivity contribution in [3.05, 3.63) is 41.2 Å². The molecule has 0 aliphatic rings. The number of hydrogen-bond donors (Lipinski definition) is 0. The van der Waals surface area contributed by atoms with E-state index in [1.165, 1.54) is 11.1 Å². The molecule has 0 amide bonds. The van der Waals surface area contributed by atoms with E-state index in [1.807, 2.05) is 4.68 Å². The Bertz CT molecular complexity index is 619. The van der Waals surface area contributed by atoms with Gasteiger partial charge in [0.2, 0.25) is 0 Å². The zero-order valence-electron chi connectivity index (χ0n) is 15.0. The van der Waals surface area contributed by atoms with E-state index in [0.29, 0.717) is 11.8 Å². The molecule has 4 nitrogen and oxygen atoms in total. The maximum atomic E-state index is 5.83. The molecule has 1 unspecified atom stereocenters. The van der Waals surface area contributed by atoms with Crippen LogP contribution in [0.3, 0.4) is 0 Å². The lowest BCUT2D eigenvalue weighted by atomic mass is 9.89. The van der Waals surface area contributed by atoms with Crippen LogP contribution >= 0.6 is 0 Å². The fourth-order valence-corrected chi connectivity index (χ4v) is 2.77. The van der Waals surface area contributed by atoms with Gasteiger partial charge in [0.15, 0.2) is 0 Å². The highest BCUT2D eigenvalue weighted by Gasteiger charge is 2.15. The minimum absolute atomic E-state index is 0.469. The fraction of sp³-hybridized carbons (Fsp3) is 0.579. The second kappa shape index (κ2) is 8.14. The van der Waals surface area contributed by atoms with Gasteiger partial charge in [-0.3, -0.25) is 4.68 Å². The number of aryl methyl sites for hydroxylation is 2. The number of hydrogen-bond acceptors (Lipinski definition) is 3. The molecule has 4 heteroatoms. The van der Waals surface area contributed by atoms with Crippen LogP contribution in [0, 0.1) is 12.8 Å². The van der Waals surface area contributed by atoms with Crippen LogP contribution in [0.4, 0.5) is 0 Å². The molecule has 0 aliphatic heterocycles. The summed E-state index contributed by atoms with van der Waals surface area (Å²) in [6.07, 6.45) is 4.08. The monoisotopic (exact) mass is 315 g/mol. The number of rotatable bonds is 8. The molecule has 0 radical (unpaired) electrons. The van der Waals surface area contributed by atoms with E-state index < -0.39 is 0 Å². The van der Waals surface area contributed by atoms with Crippen molar-refractivity contribution in [3.8, 4) is 5.75 Å². The lowest BCUT2D eigenvalue weighted by Gasteiger charge is -2.18. The third-order valence-electron chi connectivity index (χ3n) is 4.12. The van der Waals surface area contributed by atoms with Crippen LogP contribution in [-0.2, 0) is 13.0 Å². The Kier molecular flexibility index (Phi) is 6.20. The van der Waals surface area contributed by atoms with E-state index in [9.17, 15) is 0 Å². The van der Waals surface area contributed by atoms with Gasteiger partial charge >= 0.3 is 0 Å². The lowest BCUT2D eigenvalue weighted by Crippen LogP contribution is -2.07. The summed E-state index contributed by atoms with van der Waals surface area (Å²) < 4.78 is 7.71. The Labute approximate surface area is 139 Å². The molecule has 126 valence electrons. The van der Waals surface area contributed by atoms with Crippen molar-refractivity contribution in [1.82, 2.24) is 15.0 Å². The molecule has 0 bridgehead atoms. The Morgan fingerprint density at radius 1 is 1.22 bits per heavy atom. The van der Waals surface area contributed by atoms with Gasteiger partial charge in [-0.1, -0.05) is 32.1 Å². The predicted molar refractivity (Wildman–Crippen MR) is 93.9 cm³/mol. The van der Waals surface area contributed by atoms with Crippen molar-refractivity contribution in [3.63, 3.8) is 0 Å². The van der Waals surface area contributed by atoms with Crippen molar-refractivity contribution in [2.24, 2.45) is 5.92 Å². The highest BCUT2D eigenvalue weighted by atomic mass is 16.5. The molecule has 2 rings (SSSR count). The SMILES string of the molecule is CCC(Cc1cn(CC)nn1)c1ccc(OCC(C)C)cc1C. The fourth-order valence-electron chi connectivity index (χ4n) is 2.77. The normalized spacial score (nSPS) is 12.6. The minimum atomic E-state index is 0.469. The summed E-state index contributed by atoms with van der Waals surface area (Å²) in [6, 6.07) is 6.46. The van der Waals surface area contributed by atoms with Gasteiger partial charge in [-0.25, -0.2) is 0 Å². The van der Waals surface area contributed by atoms with Gasteiger partial charge in [0.1, 0.15) is 5.75 Å². The second-order valence-electron chi connectivity index (χ2n) is 6.60. The first kappa shape index (κ1) is 17.5. The molecule has 1 heterocycles. The highest BCUT2D eigenvalue weighted by molar-refractivity contribution is 5.37. The van der Waals surface area contributed by atoms with Gasteiger partial charge in [-0.15, -0.1) is 5.10 Å². The molecule has 0 spiro atoms.